The molecule has 0 fully saturated rings. The molecule has 1 aromatic carbocycles. The number of rotatable bonds is 3. The van der Waals surface area contributed by atoms with E-state index in [0.29, 0.717) is 0 Å². The highest BCUT2D eigenvalue weighted by Gasteiger charge is 2.25. The molecular formula is C12H16O. The molecule has 0 aliphatic heterocycles. The maximum absolute atomic E-state index is 9.93. The average Bonchev–Trinajstić information content (AvgIpc) is 2.18. The third kappa shape index (κ3) is 2.19. The van der Waals surface area contributed by atoms with Crippen LogP contribution in [0.3, 0.4) is 0 Å². The van der Waals surface area contributed by atoms with Gasteiger partial charge in [0, 0.05) is 5.92 Å². The molecule has 0 saturated carbocycles. The predicted molar refractivity (Wildman–Crippen MR) is 55.7 cm³/mol. The van der Waals surface area contributed by atoms with Crippen molar-refractivity contribution in [1.29, 1.82) is 0 Å². The second kappa shape index (κ2) is 3.75. The Morgan fingerprint density at radius 1 is 1.38 bits per heavy atom. The molecule has 1 N–H and O–H groups in total. The first-order chi connectivity index (χ1) is 6.08. The van der Waals surface area contributed by atoms with Gasteiger partial charge in [-0.1, -0.05) is 43.3 Å². The lowest BCUT2D eigenvalue weighted by molar-refractivity contribution is 0.0867. The Hall–Kier alpha value is -1.08. The summed E-state index contributed by atoms with van der Waals surface area (Å²) in [5, 5.41) is 9.93. The summed E-state index contributed by atoms with van der Waals surface area (Å²) in [7, 11) is 0. The summed E-state index contributed by atoms with van der Waals surface area (Å²) in [6.07, 6.45) is 1.59. The fourth-order valence-electron chi connectivity index (χ4n) is 1.26. The molecule has 0 spiro atoms. The van der Waals surface area contributed by atoms with E-state index in [9.17, 15) is 5.11 Å². The smallest absolute Gasteiger partial charge is 0.0862 e. The zero-order valence-electron chi connectivity index (χ0n) is 8.20. The van der Waals surface area contributed by atoms with Gasteiger partial charge in [-0.2, -0.15) is 0 Å². The van der Waals surface area contributed by atoms with Crippen LogP contribution < -0.4 is 0 Å². The van der Waals surface area contributed by atoms with Gasteiger partial charge >= 0.3 is 0 Å². The summed E-state index contributed by atoms with van der Waals surface area (Å²) in [6.45, 7) is 7.40. The van der Waals surface area contributed by atoms with Crippen LogP contribution in [0, 0.1) is 0 Å². The zero-order valence-corrected chi connectivity index (χ0v) is 8.20. The van der Waals surface area contributed by atoms with Gasteiger partial charge in [0.1, 0.15) is 0 Å². The molecule has 0 aromatic heterocycles. The van der Waals surface area contributed by atoms with E-state index >= 15 is 0 Å². The van der Waals surface area contributed by atoms with Crippen molar-refractivity contribution >= 4 is 0 Å². The minimum absolute atomic E-state index is 0.0752. The minimum atomic E-state index is -0.832. The molecule has 1 nitrogen and oxygen atoms in total. The van der Waals surface area contributed by atoms with Crippen LogP contribution in [0.4, 0.5) is 0 Å². The average molecular weight is 176 g/mol. The van der Waals surface area contributed by atoms with Gasteiger partial charge in [0.15, 0.2) is 0 Å². The maximum Gasteiger partial charge on any atom is 0.0862 e. The molecule has 1 heteroatoms. The Morgan fingerprint density at radius 2 is 1.92 bits per heavy atom. The van der Waals surface area contributed by atoms with Crippen LogP contribution in [-0.4, -0.2) is 10.7 Å². The lowest BCUT2D eigenvalue weighted by atomic mass is 9.85. The second-order valence-electron chi connectivity index (χ2n) is 3.56. The number of aliphatic hydroxyl groups is 1. The molecule has 0 aliphatic carbocycles. The molecule has 0 radical (unpaired) electrons. The lowest BCUT2D eigenvalue weighted by Gasteiger charge is -2.27. The highest BCUT2D eigenvalue weighted by molar-refractivity contribution is 5.23. The first-order valence-corrected chi connectivity index (χ1v) is 4.49. The van der Waals surface area contributed by atoms with E-state index in [0.717, 1.165) is 5.56 Å². The molecule has 1 rings (SSSR count). The van der Waals surface area contributed by atoms with Gasteiger partial charge in [-0.25, -0.2) is 0 Å². The molecule has 0 saturated heterocycles. The molecule has 0 aliphatic rings. The first-order valence-electron chi connectivity index (χ1n) is 4.49. The predicted octanol–water partition coefficient (Wildman–Crippen LogP) is 2.73. The van der Waals surface area contributed by atoms with Crippen molar-refractivity contribution in [2.45, 2.75) is 25.4 Å². The van der Waals surface area contributed by atoms with Crippen LogP contribution in [0.25, 0.3) is 0 Å². The van der Waals surface area contributed by atoms with Gasteiger partial charge in [-0.05, 0) is 12.5 Å². The van der Waals surface area contributed by atoms with Crippen molar-refractivity contribution in [3.05, 3.63) is 48.6 Å². The Kier molecular flexibility index (Phi) is 2.89. The fourth-order valence-corrected chi connectivity index (χ4v) is 1.26. The molecule has 13 heavy (non-hydrogen) atoms. The van der Waals surface area contributed by atoms with Crippen molar-refractivity contribution in [3.8, 4) is 0 Å². The molecule has 0 unspecified atom stereocenters. The SMILES string of the molecule is C=C[C@](C)(O)[C@@H](C)c1ccccc1. The summed E-state index contributed by atoms with van der Waals surface area (Å²) in [6, 6.07) is 9.96. The fraction of sp³-hybridized carbons (Fsp3) is 0.333. The highest BCUT2D eigenvalue weighted by atomic mass is 16.3. The highest BCUT2D eigenvalue weighted by Crippen LogP contribution is 2.28. The van der Waals surface area contributed by atoms with Crippen molar-refractivity contribution in [2.24, 2.45) is 0 Å². The zero-order chi connectivity index (χ0) is 9.90. The quantitative estimate of drug-likeness (QED) is 0.702. The van der Waals surface area contributed by atoms with E-state index < -0.39 is 5.60 Å². The van der Waals surface area contributed by atoms with Gasteiger partial charge in [0.25, 0.3) is 0 Å². The van der Waals surface area contributed by atoms with Crippen LogP contribution >= 0.6 is 0 Å². The van der Waals surface area contributed by atoms with E-state index in [2.05, 4.69) is 6.58 Å². The third-order valence-electron chi connectivity index (χ3n) is 2.59. The van der Waals surface area contributed by atoms with Crippen LogP contribution in [0.5, 0.6) is 0 Å². The first kappa shape index (κ1) is 10.0. The van der Waals surface area contributed by atoms with Crippen LogP contribution in [0.15, 0.2) is 43.0 Å². The molecule has 0 heterocycles. The van der Waals surface area contributed by atoms with E-state index in [1.165, 1.54) is 0 Å². The molecular weight excluding hydrogens is 160 g/mol. The van der Waals surface area contributed by atoms with Gasteiger partial charge in [0.2, 0.25) is 0 Å². The summed E-state index contributed by atoms with van der Waals surface area (Å²) < 4.78 is 0. The van der Waals surface area contributed by atoms with Crippen molar-refractivity contribution < 1.29 is 5.11 Å². The third-order valence-corrected chi connectivity index (χ3v) is 2.59. The molecule has 70 valence electrons. The van der Waals surface area contributed by atoms with E-state index in [4.69, 9.17) is 0 Å². The van der Waals surface area contributed by atoms with E-state index in [-0.39, 0.29) is 5.92 Å². The van der Waals surface area contributed by atoms with Crippen LogP contribution in [0.1, 0.15) is 25.3 Å². The summed E-state index contributed by atoms with van der Waals surface area (Å²) >= 11 is 0. The second-order valence-corrected chi connectivity index (χ2v) is 3.56. The van der Waals surface area contributed by atoms with E-state index in [1.54, 1.807) is 13.0 Å². The number of hydrogen-bond acceptors (Lipinski definition) is 1. The monoisotopic (exact) mass is 176 g/mol. The summed E-state index contributed by atoms with van der Waals surface area (Å²) in [5.74, 6) is 0.0752. The van der Waals surface area contributed by atoms with Gasteiger partial charge in [0.05, 0.1) is 5.60 Å². The molecule has 2 atom stereocenters. The summed E-state index contributed by atoms with van der Waals surface area (Å²) in [5.41, 5.74) is 0.300. The van der Waals surface area contributed by atoms with Crippen molar-refractivity contribution in [2.75, 3.05) is 0 Å². The normalized spacial score (nSPS) is 17.5. The van der Waals surface area contributed by atoms with Crippen molar-refractivity contribution in [3.63, 3.8) is 0 Å². The van der Waals surface area contributed by atoms with Crippen LogP contribution in [-0.2, 0) is 0 Å². The van der Waals surface area contributed by atoms with Gasteiger partial charge < -0.3 is 5.11 Å². The van der Waals surface area contributed by atoms with Gasteiger partial charge in [-0.15, -0.1) is 6.58 Å². The molecule has 0 amide bonds. The minimum Gasteiger partial charge on any atom is -0.385 e. The Labute approximate surface area is 79.7 Å². The molecule has 1 aromatic rings. The number of benzene rings is 1. The maximum atomic E-state index is 9.93. The summed E-state index contributed by atoms with van der Waals surface area (Å²) in [4.78, 5) is 0. The van der Waals surface area contributed by atoms with Gasteiger partial charge in [-0.3, -0.25) is 0 Å². The number of hydrogen-bond donors (Lipinski definition) is 1. The van der Waals surface area contributed by atoms with Crippen molar-refractivity contribution in [1.82, 2.24) is 0 Å². The van der Waals surface area contributed by atoms with Crippen LogP contribution in [0.2, 0.25) is 0 Å². The Balaban J connectivity index is 2.91. The largest absolute Gasteiger partial charge is 0.385 e. The topological polar surface area (TPSA) is 20.2 Å². The van der Waals surface area contributed by atoms with E-state index in [1.807, 2.05) is 37.3 Å². The standard InChI is InChI=1S/C12H16O/c1-4-12(3,13)10(2)11-8-6-5-7-9-11/h4-10,13H,1H2,2-3H3/t10-,12-/m0/s1. The molecule has 0 bridgehead atoms. The lowest BCUT2D eigenvalue weighted by Crippen LogP contribution is -2.27. The Morgan fingerprint density at radius 3 is 2.38 bits per heavy atom. The Bertz CT molecular complexity index is 274.